The first kappa shape index (κ1) is 15.8. The van der Waals surface area contributed by atoms with Gasteiger partial charge in [-0.15, -0.1) is 10.2 Å². The Hall–Kier alpha value is -1.58. The Morgan fingerprint density at radius 1 is 1.33 bits per heavy atom. The fraction of sp³-hybridized carbons (Fsp3) is 0.273. The average molecular weight is 338 g/mol. The van der Waals surface area contributed by atoms with Gasteiger partial charge in [-0.3, -0.25) is 4.57 Å². The van der Waals surface area contributed by atoms with Crippen LogP contribution in [0, 0.1) is 11.6 Å². The lowest BCUT2D eigenvalue weighted by molar-refractivity contribution is 0.185. The van der Waals surface area contributed by atoms with Gasteiger partial charge in [-0.25, -0.2) is 17.2 Å². The molecule has 0 N–H and O–H groups in total. The molecule has 10 heteroatoms. The normalized spacial score (nSPS) is 11.8. The van der Waals surface area contributed by atoms with Crippen LogP contribution in [0.25, 0.3) is 11.4 Å². The highest BCUT2D eigenvalue weighted by Crippen LogP contribution is 2.25. The Morgan fingerprint density at radius 3 is 2.67 bits per heavy atom. The van der Waals surface area contributed by atoms with Crippen molar-refractivity contribution < 1.29 is 21.9 Å². The molecular weight excluding hydrogens is 328 g/mol. The van der Waals surface area contributed by atoms with E-state index in [0.29, 0.717) is 0 Å². The van der Waals surface area contributed by atoms with Crippen LogP contribution in [0.15, 0.2) is 23.4 Å². The summed E-state index contributed by atoms with van der Waals surface area (Å²) in [5, 5.41) is 6.48. The molecule has 1 aromatic heterocycles. The summed E-state index contributed by atoms with van der Waals surface area (Å²) >= 11 is 0. The van der Waals surface area contributed by atoms with Gasteiger partial charge in [0, 0.05) is 17.8 Å². The minimum atomic E-state index is -4.18. The van der Waals surface area contributed by atoms with E-state index in [2.05, 4.69) is 10.2 Å². The van der Waals surface area contributed by atoms with Gasteiger partial charge < -0.3 is 4.74 Å². The SMILES string of the molecule is COCCn1c(-c2cccc(F)c2F)nnc1S(=O)(=O)Cl. The first-order valence-electron chi connectivity index (χ1n) is 5.67. The van der Waals surface area contributed by atoms with Crippen LogP contribution in [0.3, 0.4) is 0 Å². The average Bonchev–Trinajstić information content (AvgIpc) is 2.83. The number of rotatable bonds is 5. The predicted molar refractivity (Wildman–Crippen MR) is 70.3 cm³/mol. The molecule has 0 amide bonds. The van der Waals surface area contributed by atoms with E-state index >= 15 is 0 Å². The molecule has 0 atom stereocenters. The molecule has 1 aromatic carbocycles. The standard InChI is InChI=1S/C11H10ClF2N3O3S/c1-20-6-5-17-10(15-16-11(17)21(12,18)19)7-3-2-4-8(13)9(7)14/h2-4H,5-6H2,1H3. The minimum Gasteiger partial charge on any atom is -0.383 e. The maximum absolute atomic E-state index is 13.8. The highest BCUT2D eigenvalue weighted by Gasteiger charge is 2.25. The number of benzene rings is 1. The van der Waals surface area contributed by atoms with E-state index in [9.17, 15) is 17.2 Å². The lowest BCUT2D eigenvalue weighted by Gasteiger charge is -2.09. The molecule has 0 radical (unpaired) electrons. The lowest BCUT2D eigenvalue weighted by atomic mass is 10.2. The van der Waals surface area contributed by atoms with Crippen molar-refractivity contribution in [2.45, 2.75) is 11.7 Å². The second kappa shape index (κ2) is 6.04. The van der Waals surface area contributed by atoms with Crippen LogP contribution in [0.1, 0.15) is 0 Å². The van der Waals surface area contributed by atoms with Gasteiger partial charge in [-0.1, -0.05) is 6.07 Å². The Labute approximate surface area is 123 Å². The molecule has 0 fully saturated rings. The summed E-state index contributed by atoms with van der Waals surface area (Å²) in [7, 11) is 2.47. The van der Waals surface area contributed by atoms with E-state index in [1.165, 1.54) is 19.2 Å². The molecule has 0 aliphatic rings. The summed E-state index contributed by atoms with van der Waals surface area (Å²) in [5.74, 6) is -2.38. The van der Waals surface area contributed by atoms with Gasteiger partial charge in [0.25, 0.3) is 14.2 Å². The number of hydrogen-bond donors (Lipinski definition) is 0. The molecule has 0 unspecified atom stereocenters. The molecule has 0 bridgehead atoms. The zero-order chi connectivity index (χ0) is 15.6. The maximum Gasteiger partial charge on any atom is 0.296 e. The Bertz CT molecular complexity index is 764. The van der Waals surface area contributed by atoms with Crippen molar-refractivity contribution in [1.82, 2.24) is 14.8 Å². The zero-order valence-corrected chi connectivity index (χ0v) is 12.3. The number of hydrogen-bond acceptors (Lipinski definition) is 5. The number of aromatic nitrogens is 3. The maximum atomic E-state index is 13.8. The van der Waals surface area contributed by atoms with E-state index < -0.39 is 25.8 Å². The van der Waals surface area contributed by atoms with Crippen molar-refractivity contribution in [2.75, 3.05) is 13.7 Å². The van der Waals surface area contributed by atoms with Crippen LogP contribution in [0.2, 0.25) is 0 Å². The number of ether oxygens (including phenoxy) is 1. The molecule has 2 rings (SSSR count). The quantitative estimate of drug-likeness (QED) is 0.778. The van der Waals surface area contributed by atoms with Crippen LogP contribution < -0.4 is 0 Å². The number of methoxy groups -OCH3 is 1. The molecule has 1 heterocycles. The molecule has 114 valence electrons. The van der Waals surface area contributed by atoms with E-state index in [1.54, 1.807) is 0 Å². The second-order valence-electron chi connectivity index (χ2n) is 3.99. The lowest BCUT2D eigenvalue weighted by Crippen LogP contribution is -2.12. The van der Waals surface area contributed by atoms with Crippen LogP contribution in [-0.2, 0) is 20.3 Å². The van der Waals surface area contributed by atoms with Crippen molar-refractivity contribution >= 4 is 19.7 Å². The van der Waals surface area contributed by atoms with Crippen LogP contribution in [0.5, 0.6) is 0 Å². The molecule has 0 aliphatic carbocycles. The highest BCUT2D eigenvalue weighted by molar-refractivity contribution is 8.13. The third-order valence-electron chi connectivity index (χ3n) is 2.65. The van der Waals surface area contributed by atoms with Crippen molar-refractivity contribution in [2.24, 2.45) is 0 Å². The summed E-state index contributed by atoms with van der Waals surface area (Å²) in [4.78, 5) is 0. The largest absolute Gasteiger partial charge is 0.383 e. The van der Waals surface area contributed by atoms with Crippen molar-refractivity contribution in [3.8, 4) is 11.4 Å². The molecule has 0 saturated carbocycles. The molecule has 0 spiro atoms. The number of halogens is 3. The predicted octanol–water partition coefficient (Wildman–Crippen LogP) is 1.80. The van der Waals surface area contributed by atoms with Gasteiger partial charge in [0.2, 0.25) is 0 Å². The molecule has 6 nitrogen and oxygen atoms in total. The van der Waals surface area contributed by atoms with Crippen LogP contribution in [-0.4, -0.2) is 36.9 Å². The fourth-order valence-corrected chi connectivity index (χ4v) is 2.65. The summed E-state index contributed by atoms with van der Waals surface area (Å²) in [6, 6.07) is 3.47. The van der Waals surface area contributed by atoms with E-state index in [4.69, 9.17) is 15.4 Å². The Balaban J connectivity index is 2.64. The monoisotopic (exact) mass is 337 g/mol. The summed E-state index contributed by atoms with van der Waals surface area (Å²) in [6.07, 6.45) is 0. The third kappa shape index (κ3) is 3.20. The fourth-order valence-electron chi connectivity index (χ4n) is 1.73. The summed E-state index contributed by atoms with van der Waals surface area (Å²) in [5.41, 5.74) is -0.217. The molecule has 2 aromatic rings. The molecular formula is C11H10ClF2N3O3S. The van der Waals surface area contributed by atoms with Crippen molar-refractivity contribution in [1.29, 1.82) is 0 Å². The first-order valence-corrected chi connectivity index (χ1v) is 7.98. The molecule has 0 aliphatic heterocycles. The first-order chi connectivity index (χ1) is 9.86. The summed E-state index contributed by atoms with van der Waals surface area (Å²) in [6.45, 7) is 0.122. The van der Waals surface area contributed by atoms with Gasteiger partial charge in [-0.2, -0.15) is 0 Å². The molecule has 21 heavy (non-hydrogen) atoms. The van der Waals surface area contributed by atoms with Crippen LogP contribution >= 0.6 is 10.7 Å². The van der Waals surface area contributed by atoms with Gasteiger partial charge in [0.05, 0.1) is 18.7 Å². The summed E-state index contributed by atoms with van der Waals surface area (Å²) < 4.78 is 55.9. The second-order valence-corrected chi connectivity index (χ2v) is 6.45. The van der Waals surface area contributed by atoms with Gasteiger partial charge in [-0.05, 0) is 12.1 Å². The van der Waals surface area contributed by atoms with Gasteiger partial charge >= 0.3 is 0 Å². The van der Waals surface area contributed by atoms with Gasteiger partial charge in [0.15, 0.2) is 17.5 Å². The smallest absolute Gasteiger partial charge is 0.296 e. The Morgan fingerprint density at radius 2 is 2.05 bits per heavy atom. The van der Waals surface area contributed by atoms with E-state index in [0.717, 1.165) is 10.6 Å². The van der Waals surface area contributed by atoms with Crippen molar-refractivity contribution in [3.05, 3.63) is 29.8 Å². The zero-order valence-electron chi connectivity index (χ0n) is 10.8. The van der Waals surface area contributed by atoms with E-state index in [1.807, 2.05) is 0 Å². The topological polar surface area (TPSA) is 74.1 Å². The van der Waals surface area contributed by atoms with E-state index in [-0.39, 0.29) is 24.5 Å². The van der Waals surface area contributed by atoms with Crippen molar-refractivity contribution in [3.63, 3.8) is 0 Å². The van der Waals surface area contributed by atoms with Crippen LogP contribution in [0.4, 0.5) is 8.78 Å². The number of nitrogens with zero attached hydrogens (tertiary/aromatic N) is 3. The molecule has 0 saturated heterocycles. The highest BCUT2D eigenvalue weighted by atomic mass is 35.7. The Kier molecular flexibility index (Phi) is 4.55. The van der Waals surface area contributed by atoms with Gasteiger partial charge in [0.1, 0.15) is 0 Å². The minimum absolute atomic E-state index is 0.00999. The third-order valence-corrected chi connectivity index (χ3v) is 3.80.